The topological polar surface area (TPSA) is 26.3 Å². The van der Waals surface area contributed by atoms with E-state index in [1.54, 1.807) is 5.57 Å². The molecule has 9 atom stereocenters. The molecule has 0 spiro atoms. The predicted octanol–water partition coefficient (Wildman–Crippen LogP) is 10.5. The van der Waals surface area contributed by atoms with Crippen molar-refractivity contribution in [2.75, 3.05) is 0 Å². The third kappa shape index (κ3) is 6.25. The van der Waals surface area contributed by atoms with Gasteiger partial charge in [0.25, 0.3) is 0 Å². The summed E-state index contributed by atoms with van der Waals surface area (Å²) >= 11 is 0. The van der Waals surface area contributed by atoms with E-state index >= 15 is 0 Å². The Morgan fingerprint density at radius 3 is 2.45 bits per heavy atom. The van der Waals surface area contributed by atoms with Gasteiger partial charge in [-0.15, -0.1) is 0 Å². The van der Waals surface area contributed by atoms with Gasteiger partial charge >= 0.3 is 5.97 Å². The number of ether oxygens (including phenoxy) is 1. The molecule has 218 valence electrons. The Bertz CT molecular complexity index is 812. The molecule has 3 fully saturated rings. The lowest BCUT2D eigenvalue weighted by Gasteiger charge is -2.58. The highest BCUT2D eigenvalue weighted by atomic mass is 16.5. The Hall–Kier alpha value is -0.790. The fourth-order valence-corrected chi connectivity index (χ4v) is 9.88. The van der Waals surface area contributed by atoms with Crippen LogP contribution in [0.4, 0.5) is 0 Å². The van der Waals surface area contributed by atoms with Gasteiger partial charge in [-0.2, -0.15) is 0 Å². The van der Waals surface area contributed by atoms with E-state index in [1.807, 2.05) is 0 Å². The zero-order valence-electron chi connectivity index (χ0n) is 26.3. The lowest BCUT2D eigenvalue weighted by atomic mass is 9.47. The van der Waals surface area contributed by atoms with E-state index in [-0.39, 0.29) is 12.1 Å². The molecule has 4 aliphatic rings. The Balaban J connectivity index is 1.34. The summed E-state index contributed by atoms with van der Waals surface area (Å²) in [5.74, 6) is 6.11. The van der Waals surface area contributed by atoms with Crippen LogP contribution < -0.4 is 0 Å². The summed E-state index contributed by atoms with van der Waals surface area (Å²) < 4.78 is 6.03. The third-order valence-electron chi connectivity index (χ3n) is 12.8. The zero-order chi connectivity index (χ0) is 27.5. The van der Waals surface area contributed by atoms with Gasteiger partial charge in [0.15, 0.2) is 0 Å². The van der Waals surface area contributed by atoms with E-state index in [9.17, 15) is 4.79 Å². The van der Waals surface area contributed by atoms with Gasteiger partial charge in [0.2, 0.25) is 0 Å². The van der Waals surface area contributed by atoms with Crippen molar-refractivity contribution in [2.45, 2.75) is 157 Å². The maximum atomic E-state index is 12.5. The third-order valence-corrected chi connectivity index (χ3v) is 12.8. The molecule has 9 unspecified atom stereocenters. The standard InChI is InChI=1S/C36H62O2/c1-8-9-10-11-12-13-34(37)38-29-20-22-35(6)28(24-29)16-17-30-32-19-18-31(36(32,7)23-21-33(30)35)27(5)15-14-26(4)25(2)3/h16,25-27,29-33H,8-15,17-24H2,1-7H3. The average molecular weight is 527 g/mol. The van der Waals surface area contributed by atoms with Gasteiger partial charge < -0.3 is 4.74 Å². The molecule has 0 bridgehead atoms. The van der Waals surface area contributed by atoms with Crippen molar-refractivity contribution >= 4 is 5.97 Å². The Labute approximate surface area is 236 Å². The number of carbonyl (C=O) groups excluding carboxylic acids is 1. The Morgan fingerprint density at radius 1 is 0.947 bits per heavy atom. The number of carbonyl (C=O) groups is 1. The molecule has 4 aliphatic carbocycles. The van der Waals surface area contributed by atoms with Crippen molar-refractivity contribution in [1.82, 2.24) is 0 Å². The summed E-state index contributed by atoms with van der Waals surface area (Å²) in [7, 11) is 0. The van der Waals surface area contributed by atoms with Crippen molar-refractivity contribution in [3.8, 4) is 0 Å². The predicted molar refractivity (Wildman–Crippen MR) is 161 cm³/mol. The average Bonchev–Trinajstić information content (AvgIpc) is 3.24. The van der Waals surface area contributed by atoms with Crippen LogP contribution in [0.1, 0.15) is 151 Å². The van der Waals surface area contributed by atoms with E-state index in [0.29, 0.717) is 17.3 Å². The molecule has 2 nitrogen and oxygen atoms in total. The van der Waals surface area contributed by atoms with Crippen LogP contribution in [-0.4, -0.2) is 12.1 Å². The number of rotatable bonds is 12. The minimum absolute atomic E-state index is 0.0479. The largest absolute Gasteiger partial charge is 0.462 e. The van der Waals surface area contributed by atoms with E-state index < -0.39 is 0 Å². The van der Waals surface area contributed by atoms with Crippen molar-refractivity contribution < 1.29 is 9.53 Å². The van der Waals surface area contributed by atoms with Gasteiger partial charge in [0.1, 0.15) is 6.10 Å². The Morgan fingerprint density at radius 2 is 1.71 bits per heavy atom. The highest BCUT2D eigenvalue weighted by Gasteiger charge is 2.59. The molecule has 0 aromatic rings. The first-order chi connectivity index (χ1) is 18.1. The maximum absolute atomic E-state index is 12.5. The first-order valence-corrected chi connectivity index (χ1v) is 17.0. The maximum Gasteiger partial charge on any atom is 0.306 e. The second-order valence-electron chi connectivity index (χ2n) is 15.3. The monoisotopic (exact) mass is 526 g/mol. The number of hydrogen-bond acceptors (Lipinski definition) is 2. The van der Waals surface area contributed by atoms with E-state index in [0.717, 1.165) is 67.1 Å². The van der Waals surface area contributed by atoms with Gasteiger partial charge in [-0.3, -0.25) is 4.79 Å². The van der Waals surface area contributed by atoms with Crippen LogP contribution in [0.25, 0.3) is 0 Å². The number of esters is 1. The summed E-state index contributed by atoms with van der Waals surface area (Å²) in [6.07, 6.45) is 22.4. The molecule has 0 radical (unpaired) electrons. The van der Waals surface area contributed by atoms with Crippen LogP contribution in [-0.2, 0) is 9.53 Å². The van der Waals surface area contributed by atoms with Crippen LogP contribution in [0.5, 0.6) is 0 Å². The van der Waals surface area contributed by atoms with Gasteiger partial charge in [0.05, 0.1) is 0 Å². The fourth-order valence-electron chi connectivity index (χ4n) is 9.88. The number of allylic oxidation sites excluding steroid dienone is 1. The normalized spacial score (nSPS) is 38.1. The molecule has 38 heavy (non-hydrogen) atoms. The molecule has 0 saturated heterocycles. The zero-order valence-corrected chi connectivity index (χ0v) is 26.3. The molecule has 0 heterocycles. The summed E-state index contributed by atoms with van der Waals surface area (Å²) in [5.41, 5.74) is 2.52. The molecule has 2 heteroatoms. The lowest BCUT2D eigenvalue weighted by molar-refractivity contribution is -0.151. The summed E-state index contributed by atoms with van der Waals surface area (Å²) in [5, 5.41) is 0. The molecule has 4 rings (SSSR count). The smallest absolute Gasteiger partial charge is 0.306 e. The fraction of sp³-hybridized carbons (Fsp3) is 0.917. The second-order valence-corrected chi connectivity index (χ2v) is 15.3. The van der Waals surface area contributed by atoms with Gasteiger partial charge in [-0.05, 0) is 104 Å². The van der Waals surface area contributed by atoms with Crippen molar-refractivity contribution in [1.29, 1.82) is 0 Å². The van der Waals surface area contributed by atoms with E-state index in [4.69, 9.17) is 4.74 Å². The first kappa shape index (κ1) is 30.2. The molecule has 3 saturated carbocycles. The number of unbranched alkanes of at least 4 members (excludes halogenated alkanes) is 4. The van der Waals surface area contributed by atoms with Crippen LogP contribution in [0.15, 0.2) is 11.6 Å². The van der Waals surface area contributed by atoms with E-state index in [1.165, 1.54) is 70.6 Å². The van der Waals surface area contributed by atoms with E-state index in [2.05, 4.69) is 54.5 Å². The SMILES string of the molecule is CCCCCCCC(=O)OC1CCC2(C)C(=CCC3C2CCC2(C)C(C(C)CCC(C)C(C)C)CCC32)C1. The van der Waals surface area contributed by atoms with Crippen molar-refractivity contribution in [3.63, 3.8) is 0 Å². The van der Waals surface area contributed by atoms with Crippen LogP contribution >= 0.6 is 0 Å². The lowest BCUT2D eigenvalue weighted by Crippen LogP contribution is -2.51. The molecular formula is C36H62O2. The van der Waals surface area contributed by atoms with Crippen LogP contribution in [0, 0.1) is 52.3 Å². The molecular weight excluding hydrogens is 464 g/mol. The number of hydrogen-bond donors (Lipinski definition) is 0. The summed E-state index contributed by atoms with van der Waals surface area (Å²) in [6.45, 7) is 17.4. The Kier molecular flexibility index (Phi) is 10.2. The molecule has 0 amide bonds. The quantitative estimate of drug-likeness (QED) is 0.144. The second kappa shape index (κ2) is 12.8. The summed E-state index contributed by atoms with van der Waals surface area (Å²) in [4.78, 5) is 12.5. The van der Waals surface area contributed by atoms with Gasteiger partial charge in [0, 0.05) is 12.8 Å². The first-order valence-electron chi connectivity index (χ1n) is 17.0. The molecule has 0 N–H and O–H groups in total. The van der Waals surface area contributed by atoms with Crippen molar-refractivity contribution in [3.05, 3.63) is 11.6 Å². The summed E-state index contributed by atoms with van der Waals surface area (Å²) in [6, 6.07) is 0. The van der Waals surface area contributed by atoms with Crippen molar-refractivity contribution in [2.24, 2.45) is 52.3 Å². The molecule has 0 aromatic carbocycles. The van der Waals surface area contributed by atoms with Gasteiger partial charge in [-0.25, -0.2) is 0 Å². The minimum atomic E-state index is 0.0479. The molecule has 0 aromatic heterocycles. The van der Waals surface area contributed by atoms with Crippen LogP contribution in [0.3, 0.4) is 0 Å². The number of fused-ring (bicyclic) bond motifs is 5. The minimum Gasteiger partial charge on any atom is -0.462 e. The van der Waals surface area contributed by atoms with Gasteiger partial charge in [-0.1, -0.05) is 98.6 Å². The highest BCUT2D eigenvalue weighted by molar-refractivity contribution is 5.69. The molecule has 0 aliphatic heterocycles. The van der Waals surface area contributed by atoms with Crippen LogP contribution in [0.2, 0.25) is 0 Å². The highest BCUT2D eigenvalue weighted by Crippen LogP contribution is 2.67.